The zero-order valence-corrected chi connectivity index (χ0v) is 46.3. The maximum Gasteiger partial charge on any atom is 0.120 e. The molecule has 7 rings (SSSR count). The Bertz CT molecular complexity index is 2460. The number of H-pyrrole nitrogens is 3. The molecule has 0 saturated heterocycles. The van der Waals surface area contributed by atoms with Crippen molar-refractivity contribution in [2.75, 3.05) is 19.8 Å². The maximum atomic E-state index is 6.00. The number of nitrogens with one attached hydrogen (secondary N) is 3. The van der Waals surface area contributed by atoms with Crippen molar-refractivity contribution in [3.63, 3.8) is 0 Å². The van der Waals surface area contributed by atoms with Crippen LogP contribution in [0.2, 0.25) is 0 Å². The first-order valence-electron chi connectivity index (χ1n) is 29.0. The van der Waals surface area contributed by atoms with Crippen LogP contribution in [0.15, 0.2) is 104 Å². The number of ether oxygens (including phenoxy) is 3. The summed E-state index contributed by atoms with van der Waals surface area (Å²) in [7, 11) is 0. The average molecular weight is 997 g/mol. The summed E-state index contributed by atoms with van der Waals surface area (Å²) in [5.74, 6) is 4.59. The van der Waals surface area contributed by atoms with E-state index in [1.54, 1.807) is 0 Å². The Hall–Kier alpha value is -5.10. The first-order valence-corrected chi connectivity index (χ1v) is 29.0. The van der Waals surface area contributed by atoms with E-state index in [0.717, 1.165) is 81.0 Å². The minimum atomic E-state index is 0. The van der Waals surface area contributed by atoms with Gasteiger partial charge in [0.15, 0.2) is 0 Å². The van der Waals surface area contributed by atoms with Crippen LogP contribution in [0.25, 0.3) is 32.7 Å². The molecule has 6 heteroatoms. The van der Waals surface area contributed by atoms with E-state index in [4.69, 9.17) is 14.2 Å². The van der Waals surface area contributed by atoms with Gasteiger partial charge in [-0.3, -0.25) is 0 Å². The third kappa shape index (κ3) is 22.5. The Kier molecular flexibility index (Phi) is 29.8. The number of fused-ring (bicyclic) bond motifs is 3. The minimum Gasteiger partial charge on any atom is -0.494 e. The number of hydrogen-bond donors (Lipinski definition) is 3. The Morgan fingerprint density at radius 1 is 0.384 bits per heavy atom. The lowest BCUT2D eigenvalue weighted by Crippen LogP contribution is -2.04. The summed E-state index contributed by atoms with van der Waals surface area (Å²) < 4.78 is 17.9. The van der Waals surface area contributed by atoms with Crippen LogP contribution in [-0.4, -0.2) is 34.8 Å². The first-order chi connectivity index (χ1) is 35.3. The van der Waals surface area contributed by atoms with Gasteiger partial charge in [-0.1, -0.05) is 189 Å². The van der Waals surface area contributed by atoms with Crippen molar-refractivity contribution in [2.24, 2.45) is 11.8 Å². The fourth-order valence-electron chi connectivity index (χ4n) is 9.79. The topological polar surface area (TPSA) is 75.1 Å². The molecular formula is C67H101N3O3. The Morgan fingerprint density at radius 3 is 1.22 bits per heavy atom. The second-order valence-corrected chi connectivity index (χ2v) is 21.1. The van der Waals surface area contributed by atoms with Crippen molar-refractivity contribution in [1.82, 2.24) is 15.0 Å². The highest BCUT2D eigenvalue weighted by Crippen LogP contribution is 2.28. The van der Waals surface area contributed by atoms with Crippen LogP contribution >= 0.6 is 0 Å². The largest absolute Gasteiger partial charge is 0.494 e. The Labute approximate surface area is 444 Å². The smallest absolute Gasteiger partial charge is 0.120 e. The van der Waals surface area contributed by atoms with E-state index in [9.17, 15) is 0 Å². The van der Waals surface area contributed by atoms with Crippen molar-refractivity contribution in [1.29, 1.82) is 0 Å². The van der Waals surface area contributed by atoms with E-state index in [-0.39, 0.29) is 7.43 Å². The van der Waals surface area contributed by atoms with Gasteiger partial charge in [-0.25, -0.2) is 0 Å². The molecule has 73 heavy (non-hydrogen) atoms. The lowest BCUT2D eigenvalue weighted by Gasteiger charge is -2.13. The van der Waals surface area contributed by atoms with Gasteiger partial charge in [0.1, 0.15) is 17.2 Å². The van der Waals surface area contributed by atoms with E-state index >= 15 is 0 Å². The van der Waals surface area contributed by atoms with Gasteiger partial charge in [0.05, 0.1) is 19.8 Å². The highest BCUT2D eigenvalue weighted by molar-refractivity contribution is 5.86. The standard InChI is InChI=1S/C24H31NO.2C21H33NO.CH4/c1-2-11-21-19-25-24-16-15-22(18-23(21)24)26-17-10-5-3-4-7-12-20-13-8-6-9-14-20;1-5-7-18-15-22-21-11-10-19(14-20(18)21)23-13-12-17(4)9-6-8-16(2)3;1-3-5-6-7-8-9-10-11-15-23-19-13-14-21-20(16-19)18(12-4-2)17-22-21;/h6,8-9,13-16,18-19,25H,2-5,7,10-12,17H2,1H3;10-11,14-17,22H,5-9,12-13H2,1-4H3;13-14,16-17,22H,3-12,15H2,1-2H3;1H4. The lowest BCUT2D eigenvalue weighted by molar-refractivity contribution is 0.276. The molecule has 0 radical (unpaired) electrons. The lowest BCUT2D eigenvalue weighted by atomic mass is 9.98. The van der Waals surface area contributed by atoms with Crippen LogP contribution in [-0.2, 0) is 25.7 Å². The molecule has 3 N–H and O–H groups in total. The van der Waals surface area contributed by atoms with Gasteiger partial charge >= 0.3 is 0 Å². The zero-order valence-electron chi connectivity index (χ0n) is 46.3. The van der Waals surface area contributed by atoms with Crippen LogP contribution in [0.1, 0.15) is 207 Å². The molecule has 0 aliphatic carbocycles. The minimum absolute atomic E-state index is 0. The van der Waals surface area contributed by atoms with Crippen molar-refractivity contribution < 1.29 is 14.2 Å². The highest BCUT2D eigenvalue weighted by Gasteiger charge is 2.09. The molecule has 0 saturated carbocycles. The van der Waals surface area contributed by atoms with E-state index in [2.05, 4.69) is 167 Å². The van der Waals surface area contributed by atoms with E-state index in [1.807, 2.05) is 0 Å². The SMILES string of the molecule is C.CCCCCCCCCCOc1ccc2[nH]cc(CCC)c2c1.CCCc1c[nH]c2ccc(OCCC(C)CCCC(C)C)cc12.CCCc1c[nH]c2ccc(OCCCCCCCc3ccccc3)cc12. The Morgan fingerprint density at radius 2 is 0.795 bits per heavy atom. The monoisotopic (exact) mass is 996 g/mol. The predicted molar refractivity (Wildman–Crippen MR) is 318 cm³/mol. The molecule has 0 bridgehead atoms. The molecule has 7 aromatic rings. The summed E-state index contributed by atoms with van der Waals surface area (Å²) in [5, 5.41) is 3.94. The molecule has 0 aliphatic rings. The molecular weight excluding hydrogens is 895 g/mol. The van der Waals surface area contributed by atoms with Gasteiger partial charge in [0, 0.05) is 51.3 Å². The van der Waals surface area contributed by atoms with E-state index in [0.29, 0.717) is 0 Å². The average Bonchev–Trinajstić information content (AvgIpc) is 4.11. The van der Waals surface area contributed by atoms with Crippen LogP contribution < -0.4 is 14.2 Å². The predicted octanol–water partition coefficient (Wildman–Crippen LogP) is 20.3. The number of aromatic nitrogens is 3. The summed E-state index contributed by atoms with van der Waals surface area (Å²) in [5.41, 5.74) is 9.29. The molecule has 6 nitrogen and oxygen atoms in total. The number of aromatic amines is 3. The first kappa shape index (κ1) is 60.5. The normalized spacial score (nSPS) is 11.6. The molecule has 4 aromatic carbocycles. The summed E-state index contributed by atoms with van der Waals surface area (Å²) in [6.07, 6.45) is 36.7. The second kappa shape index (κ2) is 35.9. The van der Waals surface area contributed by atoms with Gasteiger partial charge in [0.2, 0.25) is 0 Å². The number of rotatable bonds is 33. The molecule has 3 aromatic heterocycles. The van der Waals surface area contributed by atoms with Gasteiger partial charge < -0.3 is 29.2 Å². The maximum absolute atomic E-state index is 6.00. The zero-order chi connectivity index (χ0) is 51.0. The van der Waals surface area contributed by atoms with E-state index < -0.39 is 0 Å². The molecule has 1 unspecified atom stereocenters. The van der Waals surface area contributed by atoms with Crippen molar-refractivity contribution >= 4 is 32.7 Å². The van der Waals surface area contributed by atoms with Crippen LogP contribution in [0.5, 0.6) is 17.2 Å². The van der Waals surface area contributed by atoms with Gasteiger partial charge in [-0.2, -0.15) is 0 Å². The van der Waals surface area contributed by atoms with Crippen molar-refractivity contribution in [2.45, 2.75) is 210 Å². The van der Waals surface area contributed by atoms with Crippen molar-refractivity contribution in [3.8, 4) is 17.2 Å². The molecule has 0 amide bonds. The van der Waals surface area contributed by atoms with E-state index in [1.165, 1.54) is 177 Å². The fourth-order valence-corrected chi connectivity index (χ4v) is 9.79. The number of hydrogen-bond acceptors (Lipinski definition) is 3. The van der Waals surface area contributed by atoms with Crippen LogP contribution in [0.3, 0.4) is 0 Å². The number of unbranched alkanes of at least 4 members (excludes halogenated alkanes) is 11. The third-order valence-corrected chi connectivity index (χ3v) is 14.1. The number of aryl methyl sites for hydroxylation is 4. The second-order valence-electron chi connectivity index (χ2n) is 21.1. The summed E-state index contributed by atoms with van der Waals surface area (Å²) in [6, 6.07) is 30.0. The molecule has 0 fully saturated rings. The van der Waals surface area contributed by atoms with Gasteiger partial charge in [-0.05, 0) is 140 Å². The van der Waals surface area contributed by atoms with Crippen molar-refractivity contribution in [3.05, 3.63) is 126 Å². The van der Waals surface area contributed by atoms with Gasteiger partial charge in [0.25, 0.3) is 0 Å². The van der Waals surface area contributed by atoms with Crippen LogP contribution in [0.4, 0.5) is 0 Å². The fraction of sp³-hybridized carbons (Fsp3) is 0.552. The molecule has 3 heterocycles. The quantitative estimate of drug-likeness (QED) is 0.0359. The number of benzene rings is 4. The molecule has 1 atom stereocenters. The molecule has 0 aliphatic heterocycles. The molecule has 402 valence electrons. The van der Waals surface area contributed by atoms with Crippen LogP contribution in [0, 0.1) is 11.8 Å². The summed E-state index contributed by atoms with van der Waals surface area (Å²) >= 11 is 0. The highest BCUT2D eigenvalue weighted by atomic mass is 16.5. The molecule has 0 spiro atoms. The Balaban J connectivity index is 0.000000236. The summed E-state index contributed by atoms with van der Waals surface area (Å²) in [4.78, 5) is 10.1. The third-order valence-electron chi connectivity index (χ3n) is 14.1. The van der Waals surface area contributed by atoms with Gasteiger partial charge in [-0.15, -0.1) is 0 Å². The summed E-state index contributed by atoms with van der Waals surface area (Å²) in [6.45, 7) is 18.4.